The zero-order valence-electron chi connectivity index (χ0n) is 6.85. The molecule has 12 heavy (non-hydrogen) atoms. The lowest BCUT2D eigenvalue weighted by molar-refractivity contribution is -0.0751. The molecule has 1 aliphatic heterocycles. The van der Waals surface area contributed by atoms with Crippen molar-refractivity contribution in [1.82, 2.24) is 10.4 Å². The van der Waals surface area contributed by atoms with Gasteiger partial charge in [0.25, 0.3) is 0 Å². The first-order chi connectivity index (χ1) is 5.84. The van der Waals surface area contributed by atoms with E-state index in [-0.39, 0.29) is 12.8 Å². The topological polar surface area (TPSA) is 55.7 Å². The molecule has 4 nitrogen and oxygen atoms in total. The number of rotatable bonds is 4. The fourth-order valence-electron chi connectivity index (χ4n) is 0.979. The second kappa shape index (κ2) is 4.92. The molecule has 0 spiro atoms. The van der Waals surface area contributed by atoms with E-state index < -0.39 is 0 Å². The molecule has 0 bridgehead atoms. The first-order valence-electron chi connectivity index (χ1n) is 4.01. The molecule has 1 rings (SSSR count). The largest absolute Gasteiger partial charge is 0.396 e. The van der Waals surface area contributed by atoms with E-state index in [1.165, 1.54) is 0 Å². The molecular formula is C8H14N2O2. The molecule has 0 aliphatic carbocycles. The van der Waals surface area contributed by atoms with Gasteiger partial charge in [0.15, 0.2) is 0 Å². The van der Waals surface area contributed by atoms with E-state index in [2.05, 4.69) is 5.32 Å². The predicted molar refractivity (Wildman–Crippen MR) is 45.4 cm³/mol. The molecule has 0 aromatic rings. The summed E-state index contributed by atoms with van der Waals surface area (Å²) >= 11 is 0. The number of nitrogens with one attached hydrogen (secondary N) is 1. The smallest absolute Gasteiger partial charge is 0.124 e. The van der Waals surface area contributed by atoms with Gasteiger partial charge in [-0.15, -0.1) is 0 Å². The van der Waals surface area contributed by atoms with Gasteiger partial charge in [-0.2, -0.15) is 0 Å². The maximum Gasteiger partial charge on any atom is 0.124 e. The van der Waals surface area contributed by atoms with Crippen LogP contribution >= 0.6 is 0 Å². The summed E-state index contributed by atoms with van der Waals surface area (Å²) in [6, 6.07) is 0. The Labute approximate surface area is 71.8 Å². The van der Waals surface area contributed by atoms with Crippen LogP contribution in [0, 0.1) is 0 Å². The van der Waals surface area contributed by atoms with Gasteiger partial charge in [-0.1, -0.05) is 6.08 Å². The van der Waals surface area contributed by atoms with Crippen molar-refractivity contribution in [2.24, 2.45) is 0 Å². The maximum atomic E-state index is 9.24. The van der Waals surface area contributed by atoms with Crippen molar-refractivity contribution in [2.45, 2.75) is 12.6 Å². The zero-order chi connectivity index (χ0) is 8.81. The van der Waals surface area contributed by atoms with Gasteiger partial charge in [-0.05, 0) is 25.1 Å². The number of hydroxylamine groups is 2. The minimum absolute atomic E-state index is 0.165. The van der Waals surface area contributed by atoms with Crippen LogP contribution in [-0.2, 0) is 0 Å². The fraction of sp³-hybridized carbons (Fsp3) is 0.500. The van der Waals surface area contributed by atoms with Crippen LogP contribution in [0.1, 0.15) is 6.42 Å². The summed E-state index contributed by atoms with van der Waals surface area (Å²) in [5, 5.41) is 21.9. The van der Waals surface area contributed by atoms with Crippen molar-refractivity contribution in [3.05, 3.63) is 24.4 Å². The second-order valence-corrected chi connectivity index (χ2v) is 2.58. The molecule has 0 saturated heterocycles. The van der Waals surface area contributed by atoms with Crippen molar-refractivity contribution >= 4 is 0 Å². The Hall–Kier alpha value is -0.840. The van der Waals surface area contributed by atoms with Crippen LogP contribution < -0.4 is 5.32 Å². The van der Waals surface area contributed by atoms with Crippen molar-refractivity contribution < 1.29 is 10.3 Å². The Morgan fingerprint density at radius 2 is 2.25 bits per heavy atom. The molecule has 68 valence electrons. The van der Waals surface area contributed by atoms with Crippen LogP contribution in [0.3, 0.4) is 0 Å². The van der Waals surface area contributed by atoms with E-state index in [1.54, 1.807) is 12.3 Å². The summed E-state index contributed by atoms with van der Waals surface area (Å²) in [7, 11) is 0. The third kappa shape index (κ3) is 2.65. The van der Waals surface area contributed by atoms with Crippen LogP contribution in [0.15, 0.2) is 24.4 Å². The summed E-state index contributed by atoms with van der Waals surface area (Å²) in [5.41, 5.74) is 0. The molecular weight excluding hydrogens is 156 g/mol. The van der Waals surface area contributed by atoms with Crippen LogP contribution in [0.4, 0.5) is 0 Å². The quantitative estimate of drug-likeness (QED) is 0.522. The van der Waals surface area contributed by atoms with Gasteiger partial charge in [0, 0.05) is 12.8 Å². The zero-order valence-corrected chi connectivity index (χ0v) is 6.85. The van der Waals surface area contributed by atoms with Gasteiger partial charge < -0.3 is 5.11 Å². The number of aliphatic hydroxyl groups is 1. The van der Waals surface area contributed by atoms with Crippen LogP contribution in [-0.4, -0.2) is 34.7 Å². The van der Waals surface area contributed by atoms with Gasteiger partial charge in [0.05, 0.1) is 0 Å². The molecule has 0 fully saturated rings. The minimum Gasteiger partial charge on any atom is -0.396 e. The molecule has 3 N–H and O–H groups in total. The Morgan fingerprint density at radius 3 is 2.92 bits per heavy atom. The van der Waals surface area contributed by atoms with Gasteiger partial charge in [-0.3, -0.25) is 10.5 Å². The fourth-order valence-corrected chi connectivity index (χ4v) is 0.979. The Kier molecular flexibility index (Phi) is 3.79. The second-order valence-electron chi connectivity index (χ2n) is 2.58. The number of hydrogen-bond acceptors (Lipinski definition) is 4. The lowest BCUT2D eigenvalue weighted by Gasteiger charge is -2.24. The van der Waals surface area contributed by atoms with Crippen LogP contribution in [0.5, 0.6) is 0 Å². The molecule has 0 radical (unpaired) electrons. The molecule has 0 amide bonds. The Morgan fingerprint density at radius 1 is 1.42 bits per heavy atom. The molecule has 1 atom stereocenters. The predicted octanol–water partition coefficient (Wildman–Crippen LogP) is 0.0592. The normalized spacial score (nSPS) is 21.8. The van der Waals surface area contributed by atoms with E-state index in [4.69, 9.17) is 5.11 Å². The highest BCUT2D eigenvalue weighted by molar-refractivity contribution is 5.10. The lowest BCUT2D eigenvalue weighted by Crippen LogP contribution is -2.41. The Balaban J connectivity index is 2.23. The molecule has 1 aliphatic rings. The summed E-state index contributed by atoms with van der Waals surface area (Å²) < 4.78 is 0. The number of hydrogen-bond donors (Lipinski definition) is 3. The Bertz CT molecular complexity index is 180. The number of nitrogens with zero attached hydrogens (tertiary/aromatic N) is 1. The molecule has 4 heteroatoms. The number of allylic oxidation sites excluding steroid dienone is 2. The van der Waals surface area contributed by atoms with Gasteiger partial charge in [0.1, 0.15) is 6.17 Å². The van der Waals surface area contributed by atoms with Crippen LogP contribution in [0.25, 0.3) is 0 Å². The van der Waals surface area contributed by atoms with Gasteiger partial charge in [-0.25, -0.2) is 5.06 Å². The van der Waals surface area contributed by atoms with Crippen molar-refractivity contribution in [3.8, 4) is 0 Å². The standard InChI is InChI=1S/C8H14N2O2/c11-7-3-5-9-8-4-1-2-6-10(8)12/h1-2,4,6,8-9,11-12H,3,5,7H2. The van der Waals surface area contributed by atoms with Crippen molar-refractivity contribution in [1.29, 1.82) is 0 Å². The summed E-state index contributed by atoms with van der Waals surface area (Å²) in [6.45, 7) is 0.862. The monoisotopic (exact) mass is 170 g/mol. The molecule has 0 aromatic carbocycles. The first-order valence-corrected chi connectivity index (χ1v) is 4.01. The lowest BCUT2D eigenvalue weighted by atomic mass is 10.3. The highest BCUT2D eigenvalue weighted by Gasteiger charge is 2.09. The third-order valence-electron chi connectivity index (χ3n) is 1.62. The van der Waals surface area contributed by atoms with E-state index in [0.29, 0.717) is 13.0 Å². The van der Waals surface area contributed by atoms with Crippen molar-refractivity contribution in [2.75, 3.05) is 13.2 Å². The summed E-state index contributed by atoms with van der Waals surface area (Å²) in [6.07, 6.45) is 7.57. The molecule has 0 aromatic heterocycles. The molecule has 1 unspecified atom stereocenters. The van der Waals surface area contributed by atoms with E-state index in [0.717, 1.165) is 5.06 Å². The SMILES string of the molecule is OCCCNC1C=CC=CN1O. The van der Waals surface area contributed by atoms with E-state index in [1.807, 2.05) is 12.2 Å². The van der Waals surface area contributed by atoms with Gasteiger partial charge in [0.2, 0.25) is 0 Å². The van der Waals surface area contributed by atoms with Gasteiger partial charge >= 0.3 is 0 Å². The van der Waals surface area contributed by atoms with E-state index in [9.17, 15) is 5.21 Å². The minimum atomic E-state index is -0.165. The third-order valence-corrected chi connectivity index (χ3v) is 1.62. The molecule has 1 heterocycles. The summed E-state index contributed by atoms with van der Waals surface area (Å²) in [5.74, 6) is 0. The highest BCUT2D eigenvalue weighted by Crippen LogP contribution is 2.01. The first kappa shape index (κ1) is 9.25. The van der Waals surface area contributed by atoms with E-state index >= 15 is 0 Å². The maximum absolute atomic E-state index is 9.24. The average Bonchev–Trinajstić information content (AvgIpc) is 2.09. The number of aliphatic hydroxyl groups excluding tert-OH is 1. The summed E-state index contributed by atoms with van der Waals surface area (Å²) in [4.78, 5) is 0. The molecule has 0 saturated carbocycles. The van der Waals surface area contributed by atoms with Crippen molar-refractivity contribution in [3.63, 3.8) is 0 Å². The average molecular weight is 170 g/mol. The van der Waals surface area contributed by atoms with Crippen LogP contribution in [0.2, 0.25) is 0 Å². The highest BCUT2D eigenvalue weighted by atomic mass is 16.5.